The van der Waals surface area contributed by atoms with Gasteiger partial charge >= 0.3 is 0 Å². The quantitative estimate of drug-likeness (QED) is 0.670. The predicted octanol–water partition coefficient (Wildman–Crippen LogP) is 3.86. The van der Waals surface area contributed by atoms with Crippen LogP contribution < -0.4 is 0 Å². The summed E-state index contributed by atoms with van der Waals surface area (Å²) in [6.45, 7) is 2.22. The van der Waals surface area contributed by atoms with Crippen LogP contribution in [-0.4, -0.2) is 5.11 Å². The van der Waals surface area contributed by atoms with Gasteiger partial charge in [0.1, 0.15) is 0 Å². The monoisotopic (exact) mass is 228 g/mol. The molecule has 0 atom stereocenters. The molecule has 0 bridgehead atoms. The molecule has 0 aliphatic heterocycles. The standard InChI is InChI=1S/C14H12OS/c1-9-5-6-11-13(7-9)16-12-4-2-3-10(8-15)14(11)12/h2-7,15H,8H2,1H3. The zero-order valence-electron chi connectivity index (χ0n) is 9.03. The lowest BCUT2D eigenvalue weighted by Gasteiger charge is -1.99. The summed E-state index contributed by atoms with van der Waals surface area (Å²) in [5.41, 5.74) is 2.30. The number of aryl methyl sites for hydroxylation is 1. The highest BCUT2D eigenvalue weighted by atomic mass is 32.1. The number of hydrogen-bond donors (Lipinski definition) is 1. The average molecular weight is 228 g/mol. The molecule has 1 nitrogen and oxygen atoms in total. The van der Waals surface area contributed by atoms with Gasteiger partial charge in [0, 0.05) is 20.2 Å². The molecule has 0 radical (unpaired) electrons. The van der Waals surface area contributed by atoms with Gasteiger partial charge in [-0.1, -0.05) is 24.3 Å². The van der Waals surface area contributed by atoms with E-state index in [1.54, 1.807) is 11.3 Å². The van der Waals surface area contributed by atoms with E-state index in [0.29, 0.717) is 0 Å². The van der Waals surface area contributed by atoms with Gasteiger partial charge in [0.25, 0.3) is 0 Å². The van der Waals surface area contributed by atoms with E-state index in [-0.39, 0.29) is 6.61 Å². The molecule has 2 aromatic carbocycles. The van der Waals surface area contributed by atoms with E-state index in [1.165, 1.54) is 25.7 Å². The fraction of sp³-hybridized carbons (Fsp3) is 0.143. The largest absolute Gasteiger partial charge is 0.392 e. The third-order valence-electron chi connectivity index (χ3n) is 2.91. The third kappa shape index (κ3) is 1.34. The van der Waals surface area contributed by atoms with Crippen molar-refractivity contribution in [1.29, 1.82) is 0 Å². The molecule has 0 fully saturated rings. The van der Waals surface area contributed by atoms with Crippen LogP contribution in [0.15, 0.2) is 36.4 Å². The summed E-state index contributed by atoms with van der Waals surface area (Å²) in [6, 6.07) is 12.6. The second-order valence-electron chi connectivity index (χ2n) is 4.05. The summed E-state index contributed by atoms with van der Waals surface area (Å²) >= 11 is 1.79. The fourth-order valence-electron chi connectivity index (χ4n) is 2.14. The van der Waals surface area contributed by atoms with Crippen molar-refractivity contribution in [3.05, 3.63) is 47.5 Å². The molecule has 80 valence electrons. The lowest BCUT2D eigenvalue weighted by molar-refractivity contribution is 0.283. The molecule has 1 N–H and O–H groups in total. The van der Waals surface area contributed by atoms with Gasteiger partial charge in [-0.15, -0.1) is 11.3 Å². The van der Waals surface area contributed by atoms with Crippen LogP contribution in [0.25, 0.3) is 20.2 Å². The van der Waals surface area contributed by atoms with Crippen LogP contribution in [0.4, 0.5) is 0 Å². The van der Waals surface area contributed by atoms with Crippen LogP contribution in [0.2, 0.25) is 0 Å². The van der Waals surface area contributed by atoms with Gasteiger partial charge in [-0.25, -0.2) is 0 Å². The van der Waals surface area contributed by atoms with Crippen molar-refractivity contribution in [3.63, 3.8) is 0 Å². The van der Waals surface area contributed by atoms with Gasteiger partial charge in [-0.2, -0.15) is 0 Å². The SMILES string of the molecule is Cc1ccc2c(c1)sc1cccc(CO)c12. The van der Waals surface area contributed by atoms with E-state index in [9.17, 15) is 5.11 Å². The fourth-order valence-corrected chi connectivity index (χ4v) is 3.39. The van der Waals surface area contributed by atoms with E-state index in [0.717, 1.165) is 5.56 Å². The molecule has 0 unspecified atom stereocenters. The van der Waals surface area contributed by atoms with Gasteiger partial charge in [0.2, 0.25) is 0 Å². The normalized spacial score (nSPS) is 11.4. The highest BCUT2D eigenvalue weighted by molar-refractivity contribution is 7.25. The molecular weight excluding hydrogens is 216 g/mol. The molecule has 2 heteroatoms. The summed E-state index contributed by atoms with van der Waals surface area (Å²) < 4.78 is 2.56. The third-order valence-corrected chi connectivity index (χ3v) is 4.03. The Balaban J connectivity index is 2.52. The van der Waals surface area contributed by atoms with E-state index in [2.05, 4.69) is 31.2 Å². The Kier molecular flexibility index (Phi) is 2.20. The van der Waals surface area contributed by atoms with E-state index < -0.39 is 0 Å². The highest BCUT2D eigenvalue weighted by Gasteiger charge is 2.08. The Bertz CT molecular complexity index is 667. The second-order valence-corrected chi connectivity index (χ2v) is 5.13. The number of benzene rings is 2. The van der Waals surface area contributed by atoms with Crippen molar-refractivity contribution >= 4 is 31.5 Å². The molecule has 0 spiro atoms. The number of thiophene rings is 1. The minimum absolute atomic E-state index is 0.108. The van der Waals surface area contributed by atoms with E-state index in [4.69, 9.17) is 0 Å². The van der Waals surface area contributed by atoms with Crippen LogP contribution in [0, 0.1) is 6.92 Å². The number of aliphatic hydroxyl groups is 1. The van der Waals surface area contributed by atoms with Gasteiger partial charge in [-0.05, 0) is 30.2 Å². The summed E-state index contributed by atoms with van der Waals surface area (Å²) in [4.78, 5) is 0. The summed E-state index contributed by atoms with van der Waals surface area (Å²) in [5.74, 6) is 0. The highest BCUT2D eigenvalue weighted by Crippen LogP contribution is 2.36. The lowest BCUT2D eigenvalue weighted by atomic mass is 10.1. The maximum absolute atomic E-state index is 9.37. The lowest BCUT2D eigenvalue weighted by Crippen LogP contribution is -1.82. The zero-order valence-corrected chi connectivity index (χ0v) is 9.84. The first-order valence-electron chi connectivity index (χ1n) is 5.31. The molecule has 0 saturated carbocycles. The van der Waals surface area contributed by atoms with Gasteiger partial charge in [0.15, 0.2) is 0 Å². The maximum Gasteiger partial charge on any atom is 0.0688 e. The Morgan fingerprint density at radius 1 is 1.12 bits per heavy atom. The van der Waals surface area contributed by atoms with Crippen molar-refractivity contribution in [1.82, 2.24) is 0 Å². The minimum atomic E-state index is 0.108. The first-order valence-corrected chi connectivity index (χ1v) is 6.13. The molecule has 0 aliphatic carbocycles. The van der Waals surface area contributed by atoms with E-state index in [1.807, 2.05) is 12.1 Å². The molecule has 3 rings (SSSR count). The van der Waals surface area contributed by atoms with Crippen LogP contribution in [-0.2, 0) is 6.61 Å². The Morgan fingerprint density at radius 3 is 2.81 bits per heavy atom. The van der Waals surface area contributed by atoms with Crippen LogP contribution in [0.5, 0.6) is 0 Å². The zero-order chi connectivity index (χ0) is 11.1. The summed E-state index contributed by atoms with van der Waals surface area (Å²) in [6.07, 6.45) is 0. The Hall–Kier alpha value is -1.38. The summed E-state index contributed by atoms with van der Waals surface area (Å²) in [7, 11) is 0. The molecule has 0 amide bonds. The van der Waals surface area contributed by atoms with Crippen LogP contribution in [0.1, 0.15) is 11.1 Å². The van der Waals surface area contributed by atoms with Crippen molar-refractivity contribution < 1.29 is 5.11 Å². The first-order chi connectivity index (χ1) is 7.79. The molecule has 0 aliphatic rings. The smallest absolute Gasteiger partial charge is 0.0688 e. The van der Waals surface area contributed by atoms with Gasteiger partial charge in [-0.3, -0.25) is 0 Å². The topological polar surface area (TPSA) is 20.2 Å². The number of fused-ring (bicyclic) bond motifs is 3. The van der Waals surface area contributed by atoms with Crippen molar-refractivity contribution in [2.45, 2.75) is 13.5 Å². The van der Waals surface area contributed by atoms with Crippen molar-refractivity contribution in [2.24, 2.45) is 0 Å². The number of aliphatic hydroxyl groups excluding tert-OH is 1. The molecule has 1 heterocycles. The molecular formula is C14H12OS. The average Bonchev–Trinajstić information content (AvgIpc) is 2.65. The molecule has 0 saturated heterocycles. The van der Waals surface area contributed by atoms with Crippen LogP contribution in [0.3, 0.4) is 0 Å². The van der Waals surface area contributed by atoms with E-state index >= 15 is 0 Å². The van der Waals surface area contributed by atoms with Crippen molar-refractivity contribution in [2.75, 3.05) is 0 Å². The number of hydrogen-bond acceptors (Lipinski definition) is 2. The Labute approximate surface area is 98.0 Å². The maximum atomic E-state index is 9.37. The second kappa shape index (κ2) is 3.58. The molecule has 3 aromatic rings. The number of rotatable bonds is 1. The molecule has 16 heavy (non-hydrogen) atoms. The summed E-state index contributed by atoms with van der Waals surface area (Å²) in [5, 5.41) is 11.8. The first kappa shape index (κ1) is 9.82. The van der Waals surface area contributed by atoms with Gasteiger partial charge in [0.05, 0.1) is 6.61 Å². The van der Waals surface area contributed by atoms with Crippen molar-refractivity contribution in [3.8, 4) is 0 Å². The van der Waals surface area contributed by atoms with Crippen LogP contribution >= 0.6 is 11.3 Å². The predicted molar refractivity (Wildman–Crippen MR) is 70.0 cm³/mol. The van der Waals surface area contributed by atoms with Gasteiger partial charge < -0.3 is 5.11 Å². The minimum Gasteiger partial charge on any atom is -0.392 e. The molecule has 1 aromatic heterocycles. The Morgan fingerprint density at radius 2 is 2.00 bits per heavy atom.